The first-order valence-corrected chi connectivity index (χ1v) is 6.59. The summed E-state index contributed by atoms with van der Waals surface area (Å²) in [4.78, 5) is 0. The van der Waals surface area contributed by atoms with Gasteiger partial charge in [0.2, 0.25) is 0 Å². The molecule has 5 heteroatoms. The zero-order valence-electron chi connectivity index (χ0n) is 11.0. The van der Waals surface area contributed by atoms with Crippen molar-refractivity contribution in [3.05, 3.63) is 35.0 Å². The van der Waals surface area contributed by atoms with E-state index in [2.05, 4.69) is 12.1 Å². The molecule has 0 saturated carbocycles. The predicted molar refractivity (Wildman–Crippen MR) is 75.3 cm³/mol. The van der Waals surface area contributed by atoms with E-state index in [1.165, 1.54) is 0 Å². The molecule has 2 N–H and O–H groups in total. The fourth-order valence-electron chi connectivity index (χ4n) is 1.88. The predicted octanol–water partition coefficient (Wildman–Crippen LogP) is 3.80. The molecule has 0 radical (unpaired) electrons. The van der Waals surface area contributed by atoms with Gasteiger partial charge in [-0.15, -0.1) is 0 Å². The molecule has 1 aromatic heterocycles. The lowest BCUT2D eigenvalue weighted by Gasteiger charge is -2.04. The molecular weight excluding hydrogens is 264 g/mol. The van der Waals surface area contributed by atoms with Crippen molar-refractivity contribution in [1.29, 1.82) is 0 Å². The van der Waals surface area contributed by atoms with Gasteiger partial charge in [0.25, 0.3) is 0 Å². The maximum atomic E-state index is 6.09. The van der Waals surface area contributed by atoms with E-state index in [0.29, 0.717) is 16.5 Å². The molecule has 0 aliphatic carbocycles. The first-order chi connectivity index (χ1) is 9.15. The standard InChI is InChI=1S/C14H17ClN2O2/c1-3-4-11(16)14-8-12(17-19-14)9-5-6-13(18-2)10(15)7-9/h5-8,11H,3-4,16H2,1-2H3. The summed E-state index contributed by atoms with van der Waals surface area (Å²) in [5, 5.41) is 4.58. The maximum absolute atomic E-state index is 6.09. The highest BCUT2D eigenvalue weighted by molar-refractivity contribution is 6.32. The van der Waals surface area contributed by atoms with Gasteiger partial charge in [-0.3, -0.25) is 0 Å². The van der Waals surface area contributed by atoms with Crippen LogP contribution < -0.4 is 10.5 Å². The third-order valence-electron chi connectivity index (χ3n) is 2.94. The highest BCUT2D eigenvalue weighted by Crippen LogP contribution is 2.30. The number of methoxy groups -OCH3 is 1. The van der Waals surface area contributed by atoms with Gasteiger partial charge in [0.15, 0.2) is 5.76 Å². The van der Waals surface area contributed by atoms with Gasteiger partial charge in [0.1, 0.15) is 11.4 Å². The minimum Gasteiger partial charge on any atom is -0.495 e. The Labute approximate surface area is 117 Å². The van der Waals surface area contributed by atoms with Crippen LogP contribution in [-0.4, -0.2) is 12.3 Å². The molecule has 0 saturated heterocycles. The lowest BCUT2D eigenvalue weighted by atomic mass is 10.1. The number of ether oxygens (including phenoxy) is 1. The minimum absolute atomic E-state index is 0.111. The summed E-state index contributed by atoms with van der Waals surface area (Å²) in [5.74, 6) is 1.33. The fourth-order valence-corrected chi connectivity index (χ4v) is 2.14. The van der Waals surface area contributed by atoms with Gasteiger partial charge in [-0.05, 0) is 24.6 Å². The van der Waals surface area contributed by atoms with Crippen LogP contribution in [0.15, 0.2) is 28.8 Å². The van der Waals surface area contributed by atoms with Gasteiger partial charge in [0.05, 0.1) is 18.2 Å². The van der Waals surface area contributed by atoms with Crippen LogP contribution in [0.1, 0.15) is 31.6 Å². The van der Waals surface area contributed by atoms with E-state index in [1.54, 1.807) is 19.2 Å². The topological polar surface area (TPSA) is 61.3 Å². The van der Waals surface area contributed by atoms with E-state index >= 15 is 0 Å². The molecule has 2 aromatic rings. The summed E-state index contributed by atoms with van der Waals surface area (Å²) in [5.41, 5.74) is 7.60. The summed E-state index contributed by atoms with van der Waals surface area (Å²) in [6, 6.07) is 7.24. The van der Waals surface area contributed by atoms with Crippen LogP contribution in [0.5, 0.6) is 5.75 Å². The Morgan fingerprint density at radius 2 is 2.21 bits per heavy atom. The molecule has 0 aliphatic rings. The Morgan fingerprint density at radius 1 is 1.42 bits per heavy atom. The zero-order chi connectivity index (χ0) is 13.8. The quantitative estimate of drug-likeness (QED) is 0.905. The van der Waals surface area contributed by atoms with E-state index < -0.39 is 0 Å². The molecule has 0 spiro atoms. The molecule has 0 bridgehead atoms. The van der Waals surface area contributed by atoms with Gasteiger partial charge in [-0.1, -0.05) is 30.1 Å². The first kappa shape index (κ1) is 13.9. The van der Waals surface area contributed by atoms with Crippen molar-refractivity contribution in [2.24, 2.45) is 5.73 Å². The zero-order valence-corrected chi connectivity index (χ0v) is 11.8. The SMILES string of the molecule is CCCC(N)c1cc(-c2ccc(OC)c(Cl)c2)no1. The van der Waals surface area contributed by atoms with Crippen LogP contribution in [0.4, 0.5) is 0 Å². The Balaban J connectivity index is 2.25. The third kappa shape index (κ3) is 3.08. The Bertz CT molecular complexity index is 554. The summed E-state index contributed by atoms with van der Waals surface area (Å²) < 4.78 is 10.4. The van der Waals surface area contributed by atoms with Gasteiger partial charge in [0, 0.05) is 11.6 Å². The minimum atomic E-state index is -0.111. The Morgan fingerprint density at radius 3 is 2.84 bits per heavy atom. The average Bonchev–Trinajstić information content (AvgIpc) is 2.88. The van der Waals surface area contributed by atoms with Crippen molar-refractivity contribution in [1.82, 2.24) is 5.16 Å². The number of halogens is 1. The second-order valence-corrected chi connectivity index (χ2v) is 4.77. The summed E-state index contributed by atoms with van der Waals surface area (Å²) in [6.45, 7) is 2.08. The second-order valence-electron chi connectivity index (χ2n) is 4.36. The van der Waals surface area contributed by atoms with Crippen LogP contribution in [0.3, 0.4) is 0 Å². The van der Waals surface area contributed by atoms with Crippen LogP contribution in [0.2, 0.25) is 5.02 Å². The summed E-state index contributed by atoms with van der Waals surface area (Å²) >= 11 is 6.09. The van der Waals surface area contributed by atoms with Crippen molar-refractivity contribution in [2.75, 3.05) is 7.11 Å². The molecule has 4 nitrogen and oxygen atoms in total. The summed E-state index contributed by atoms with van der Waals surface area (Å²) in [7, 11) is 1.58. The maximum Gasteiger partial charge on any atom is 0.154 e. The molecule has 1 heterocycles. The lowest BCUT2D eigenvalue weighted by Crippen LogP contribution is -2.08. The molecule has 19 heavy (non-hydrogen) atoms. The van der Waals surface area contributed by atoms with Crippen LogP contribution in [-0.2, 0) is 0 Å². The van der Waals surface area contributed by atoms with Gasteiger partial charge < -0.3 is 15.0 Å². The average molecular weight is 281 g/mol. The normalized spacial score (nSPS) is 12.4. The second kappa shape index (κ2) is 6.08. The Kier molecular flexibility index (Phi) is 4.45. The molecule has 0 aliphatic heterocycles. The smallest absolute Gasteiger partial charge is 0.154 e. The van der Waals surface area contributed by atoms with E-state index in [1.807, 2.05) is 12.1 Å². The number of aromatic nitrogens is 1. The molecule has 102 valence electrons. The lowest BCUT2D eigenvalue weighted by molar-refractivity contribution is 0.356. The molecule has 0 amide bonds. The molecule has 1 unspecified atom stereocenters. The van der Waals surface area contributed by atoms with E-state index in [9.17, 15) is 0 Å². The van der Waals surface area contributed by atoms with Crippen LogP contribution in [0.25, 0.3) is 11.3 Å². The molecular formula is C14H17ClN2O2. The molecule has 2 rings (SSSR count). The number of hydrogen-bond donors (Lipinski definition) is 1. The van der Waals surface area contributed by atoms with Crippen molar-refractivity contribution in [3.8, 4) is 17.0 Å². The van der Waals surface area contributed by atoms with E-state index in [0.717, 1.165) is 24.1 Å². The summed E-state index contributed by atoms with van der Waals surface area (Å²) in [6.07, 6.45) is 1.88. The van der Waals surface area contributed by atoms with Crippen molar-refractivity contribution < 1.29 is 9.26 Å². The van der Waals surface area contributed by atoms with Crippen LogP contribution >= 0.6 is 11.6 Å². The molecule has 1 atom stereocenters. The number of nitrogens with two attached hydrogens (primary N) is 1. The van der Waals surface area contributed by atoms with E-state index in [4.69, 9.17) is 26.6 Å². The molecule has 1 aromatic carbocycles. The van der Waals surface area contributed by atoms with Crippen molar-refractivity contribution in [3.63, 3.8) is 0 Å². The van der Waals surface area contributed by atoms with Crippen molar-refractivity contribution >= 4 is 11.6 Å². The van der Waals surface area contributed by atoms with E-state index in [-0.39, 0.29) is 6.04 Å². The van der Waals surface area contributed by atoms with Gasteiger partial charge in [-0.2, -0.15) is 0 Å². The number of hydrogen-bond acceptors (Lipinski definition) is 4. The number of benzene rings is 1. The van der Waals surface area contributed by atoms with Gasteiger partial charge in [-0.25, -0.2) is 0 Å². The highest BCUT2D eigenvalue weighted by atomic mass is 35.5. The largest absolute Gasteiger partial charge is 0.495 e. The van der Waals surface area contributed by atoms with Crippen molar-refractivity contribution in [2.45, 2.75) is 25.8 Å². The Hall–Kier alpha value is -1.52. The number of nitrogens with zero attached hydrogens (tertiary/aromatic N) is 1. The third-order valence-corrected chi connectivity index (χ3v) is 3.24. The monoisotopic (exact) mass is 280 g/mol. The fraction of sp³-hybridized carbons (Fsp3) is 0.357. The molecule has 0 fully saturated rings. The van der Waals surface area contributed by atoms with Crippen LogP contribution in [0, 0.1) is 0 Å². The highest BCUT2D eigenvalue weighted by Gasteiger charge is 2.13. The first-order valence-electron chi connectivity index (χ1n) is 6.21. The number of rotatable bonds is 5. The van der Waals surface area contributed by atoms with Gasteiger partial charge >= 0.3 is 0 Å².